The molecule has 1 aliphatic carbocycles. The van der Waals surface area contributed by atoms with Gasteiger partial charge in [0.25, 0.3) is 0 Å². The Labute approximate surface area is 156 Å². The van der Waals surface area contributed by atoms with Crippen LogP contribution in [-0.2, 0) is 0 Å². The summed E-state index contributed by atoms with van der Waals surface area (Å²) in [5, 5.41) is 0. The summed E-state index contributed by atoms with van der Waals surface area (Å²) in [5.41, 5.74) is 1.53. The summed E-state index contributed by atoms with van der Waals surface area (Å²) < 4.78 is 12.2. The predicted molar refractivity (Wildman–Crippen MR) is 108 cm³/mol. The fourth-order valence-electron chi connectivity index (χ4n) is 3.01. The molecule has 4 nitrogen and oxygen atoms in total. The lowest BCUT2D eigenvalue weighted by atomic mass is 9.83. The minimum absolute atomic E-state index is 0.176. The SMILES string of the molecule is C[Si](C)(C)Oc1cccc2c1C(=O)c1cccc(O[Si](C)(C)C)c1C2=O. The lowest BCUT2D eigenvalue weighted by Crippen LogP contribution is -2.33. The van der Waals surface area contributed by atoms with Gasteiger partial charge in [0.05, 0.1) is 11.1 Å². The van der Waals surface area contributed by atoms with Gasteiger partial charge in [-0.2, -0.15) is 0 Å². The van der Waals surface area contributed by atoms with Crippen LogP contribution in [0.5, 0.6) is 11.5 Å². The third-order valence-corrected chi connectivity index (χ3v) is 5.49. The second-order valence-corrected chi connectivity index (χ2v) is 17.3. The molecule has 0 aromatic heterocycles. The van der Waals surface area contributed by atoms with Crippen molar-refractivity contribution in [2.24, 2.45) is 0 Å². The molecule has 1 aliphatic rings. The Balaban J connectivity index is 2.18. The van der Waals surface area contributed by atoms with Crippen molar-refractivity contribution in [3.8, 4) is 11.5 Å². The lowest BCUT2D eigenvalue weighted by Gasteiger charge is -2.27. The van der Waals surface area contributed by atoms with Crippen molar-refractivity contribution < 1.29 is 18.4 Å². The van der Waals surface area contributed by atoms with Crippen molar-refractivity contribution in [1.82, 2.24) is 0 Å². The fourth-order valence-corrected chi connectivity index (χ4v) is 4.67. The number of hydrogen-bond acceptors (Lipinski definition) is 4. The normalized spacial score (nSPS) is 13.9. The van der Waals surface area contributed by atoms with E-state index in [1.807, 2.05) is 0 Å². The van der Waals surface area contributed by atoms with Crippen LogP contribution in [-0.4, -0.2) is 28.2 Å². The van der Waals surface area contributed by atoms with E-state index in [1.54, 1.807) is 36.4 Å². The van der Waals surface area contributed by atoms with Crippen molar-refractivity contribution in [3.05, 3.63) is 58.7 Å². The minimum Gasteiger partial charge on any atom is -0.544 e. The van der Waals surface area contributed by atoms with E-state index >= 15 is 0 Å². The van der Waals surface area contributed by atoms with Crippen LogP contribution in [0.2, 0.25) is 39.3 Å². The lowest BCUT2D eigenvalue weighted by molar-refractivity contribution is 0.0976. The maximum Gasteiger partial charge on any atom is 0.242 e. The molecule has 0 atom stereocenters. The number of fused-ring (bicyclic) bond motifs is 2. The Bertz CT molecular complexity index is 830. The van der Waals surface area contributed by atoms with Crippen molar-refractivity contribution in [3.63, 3.8) is 0 Å². The Morgan fingerprint density at radius 1 is 0.615 bits per heavy atom. The minimum atomic E-state index is -1.93. The van der Waals surface area contributed by atoms with E-state index in [2.05, 4.69) is 39.3 Å². The molecule has 0 unspecified atom stereocenters. The molecule has 0 saturated heterocycles. The Morgan fingerprint density at radius 3 is 1.27 bits per heavy atom. The molecule has 6 heteroatoms. The molecule has 0 radical (unpaired) electrons. The van der Waals surface area contributed by atoms with E-state index < -0.39 is 16.6 Å². The third kappa shape index (κ3) is 3.52. The molecular weight excluding hydrogens is 360 g/mol. The molecular formula is C20H24O4Si2. The number of carbonyl (C=O) groups is 2. The van der Waals surface area contributed by atoms with Gasteiger partial charge in [0.1, 0.15) is 11.5 Å². The maximum atomic E-state index is 13.2. The van der Waals surface area contributed by atoms with E-state index in [4.69, 9.17) is 8.85 Å². The molecule has 0 spiro atoms. The van der Waals surface area contributed by atoms with E-state index in [1.165, 1.54) is 0 Å². The van der Waals surface area contributed by atoms with Gasteiger partial charge in [-0.25, -0.2) is 0 Å². The number of carbonyl (C=O) groups excluding carboxylic acids is 2. The summed E-state index contributed by atoms with van der Waals surface area (Å²) in [6.07, 6.45) is 0. The first-order valence-corrected chi connectivity index (χ1v) is 15.5. The molecule has 2 aromatic rings. The van der Waals surface area contributed by atoms with Crippen LogP contribution < -0.4 is 8.85 Å². The van der Waals surface area contributed by atoms with Crippen molar-refractivity contribution in [2.45, 2.75) is 39.3 Å². The zero-order valence-electron chi connectivity index (χ0n) is 16.1. The van der Waals surface area contributed by atoms with Crippen LogP contribution in [0.4, 0.5) is 0 Å². The number of ketones is 2. The van der Waals surface area contributed by atoms with Crippen molar-refractivity contribution >= 4 is 28.2 Å². The van der Waals surface area contributed by atoms with Crippen LogP contribution in [0.3, 0.4) is 0 Å². The highest BCUT2D eigenvalue weighted by Crippen LogP contribution is 2.38. The molecule has 26 heavy (non-hydrogen) atoms. The Hall–Kier alpha value is -2.19. The second kappa shape index (κ2) is 6.21. The molecule has 0 N–H and O–H groups in total. The van der Waals surface area contributed by atoms with Crippen LogP contribution in [0, 0.1) is 0 Å². The summed E-state index contributed by atoms with van der Waals surface area (Å²) in [5.74, 6) is 0.651. The van der Waals surface area contributed by atoms with Crippen LogP contribution in [0.15, 0.2) is 36.4 Å². The summed E-state index contributed by atoms with van der Waals surface area (Å²) in [4.78, 5) is 26.4. The maximum absolute atomic E-state index is 13.2. The third-order valence-electron chi connectivity index (χ3n) is 3.83. The van der Waals surface area contributed by atoms with Gasteiger partial charge in [-0.1, -0.05) is 24.3 Å². The molecule has 0 heterocycles. The van der Waals surface area contributed by atoms with Crippen molar-refractivity contribution in [2.75, 3.05) is 0 Å². The molecule has 0 bridgehead atoms. The van der Waals surface area contributed by atoms with Gasteiger partial charge >= 0.3 is 0 Å². The zero-order valence-corrected chi connectivity index (χ0v) is 18.1. The van der Waals surface area contributed by atoms with Crippen LogP contribution >= 0.6 is 0 Å². The van der Waals surface area contributed by atoms with Crippen LogP contribution in [0.1, 0.15) is 31.8 Å². The fraction of sp³-hybridized carbons (Fsp3) is 0.300. The van der Waals surface area contributed by atoms with Gasteiger partial charge in [-0.3, -0.25) is 9.59 Å². The number of benzene rings is 2. The first kappa shape index (κ1) is 18.6. The van der Waals surface area contributed by atoms with Gasteiger partial charge in [0, 0.05) is 11.1 Å². The Kier molecular flexibility index (Phi) is 4.44. The monoisotopic (exact) mass is 384 g/mol. The average Bonchev–Trinajstić information content (AvgIpc) is 2.49. The van der Waals surface area contributed by atoms with Gasteiger partial charge < -0.3 is 8.85 Å². The van der Waals surface area contributed by atoms with Crippen LogP contribution in [0.25, 0.3) is 0 Å². The largest absolute Gasteiger partial charge is 0.544 e. The van der Waals surface area contributed by atoms with Gasteiger partial charge in [-0.05, 0) is 51.4 Å². The molecule has 3 rings (SSSR count). The quantitative estimate of drug-likeness (QED) is 0.601. The van der Waals surface area contributed by atoms with E-state index in [-0.39, 0.29) is 11.6 Å². The topological polar surface area (TPSA) is 52.6 Å². The molecule has 136 valence electrons. The summed E-state index contributed by atoms with van der Waals surface area (Å²) in [6, 6.07) is 10.5. The molecule has 0 fully saturated rings. The Morgan fingerprint density at radius 2 is 0.962 bits per heavy atom. The molecule has 0 aliphatic heterocycles. The number of hydrogen-bond donors (Lipinski definition) is 0. The summed E-state index contributed by atoms with van der Waals surface area (Å²) >= 11 is 0. The first-order chi connectivity index (χ1) is 12.0. The molecule has 2 aromatic carbocycles. The van der Waals surface area contributed by atoms with Gasteiger partial charge in [0.2, 0.25) is 16.6 Å². The summed E-state index contributed by atoms with van der Waals surface area (Å²) in [6.45, 7) is 12.3. The number of rotatable bonds is 4. The van der Waals surface area contributed by atoms with Gasteiger partial charge in [0.15, 0.2) is 11.6 Å². The van der Waals surface area contributed by atoms with Crippen molar-refractivity contribution in [1.29, 1.82) is 0 Å². The highest BCUT2D eigenvalue weighted by atomic mass is 28.4. The van der Waals surface area contributed by atoms with E-state index in [0.717, 1.165) is 0 Å². The highest BCUT2D eigenvalue weighted by molar-refractivity contribution is 6.71. The zero-order chi connectivity index (χ0) is 19.3. The molecule has 0 saturated carbocycles. The smallest absolute Gasteiger partial charge is 0.242 e. The second-order valence-electron chi connectivity index (χ2n) is 8.44. The average molecular weight is 385 g/mol. The van der Waals surface area contributed by atoms with E-state index in [9.17, 15) is 9.59 Å². The van der Waals surface area contributed by atoms with Gasteiger partial charge in [-0.15, -0.1) is 0 Å². The molecule has 0 amide bonds. The summed E-state index contributed by atoms with van der Waals surface area (Å²) in [7, 11) is -3.85. The first-order valence-electron chi connectivity index (χ1n) is 8.71. The predicted octanol–water partition coefficient (Wildman–Crippen LogP) is 4.89. The standard InChI is InChI=1S/C20H24O4Si2/c1-25(2,3)23-15-11-7-9-13-17(15)19(21)14-10-8-12-16(18(14)20(13)22)24-26(4,5)6/h7-12H,1-6H3. The van der Waals surface area contributed by atoms with E-state index in [0.29, 0.717) is 33.8 Å². The highest BCUT2D eigenvalue weighted by Gasteiger charge is 2.36.